The minimum atomic E-state index is -0.621. The number of carbonyl (C=O) groups is 1. The number of piperidine rings is 1. The van der Waals surface area contributed by atoms with Crippen molar-refractivity contribution in [2.45, 2.75) is 31.7 Å². The van der Waals surface area contributed by atoms with E-state index in [1.807, 2.05) is 0 Å². The largest absolute Gasteiger partial charge is 0.468 e. The summed E-state index contributed by atoms with van der Waals surface area (Å²) >= 11 is 0. The monoisotopic (exact) mass is 269 g/mol. The van der Waals surface area contributed by atoms with E-state index in [1.54, 1.807) is 0 Å². The fraction of sp³-hybridized carbons (Fsp3) is 0.917. The minimum absolute atomic E-state index is 0.218. The van der Waals surface area contributed by atoms with Crippen molar-refractivity contribution in [1.82, 2.24) is 10.2 Å². The summed E-state index contributed by atoms with van der Waals surface area (Å²) in [6, 6.07) is 0. The maximum atomic E-state index is 12.0. The van der Waals surface area contributed by atoms with Crippen molar-refractivity contribution in [3.8, 4) is 0 Å². The lowest BCUT2D eigenvalue weighted by molar-refractivity contribution is -0.150. The smallest absolute Gasteiger partial charge is 0.326 e. The van der Waals surface area contributed by atoms with Gasteiger partial charge in [0.05, 0.1) is 7.11 Å². The van der Waals surface area contributed by atoms with Crippen LogP contribution in [0.1, 0.15) is 26.2 Å². The number of nitrogens with one attached hydrogen (secondary N) is 1. The minimum Gasteiger partial charge on any atom is -0.468 e. The maximum absolute atomic E-state index is 12.0. The average Bonchev–Trinajstić information content (AvgIpc) is 2.45. The second-order valence-corrected chi connectivity index (χ2v) is 4.80. The Morgan fingerprint density at radius 1 is 1.53 bits per heavy atom. The van der Waals surface area contributed by atoms with E-state index in [-0.39, 0.29) is 5.97 Å². The van der Waals surface area contributed by atoms with E-state index in [0.717, 1.165) is 38.9 Å². The number of nitrogens with zero attached hydrogens (tertiary/aromatic N) is 4. The average molecular weight is 269 g/mol. The zero-order valence-corrected chi connectivity index (χ0v) is 11.8. The molecular formula is C12H23N5O2. The Balaban J connectivity index is 2.57. The third-order valence-corrected chi connectivity index (χ3v) is 3.56. The SMILES string of the molecule is CCCN1CCC(NCCN=[N+]=[N-])(C(=O)OC)CC1. The molecule has 1 rings (SSSR count). The third kappa shape index (κ3) is 4.38. The van der Waals surface area contributed by atoms with E-state index in [1.165, 1.54) is 7.11 Å². The number of ether oxygens (including phenoxy) is 1. The molecule has 0 saturated carbocycles. The molecule has 1 N–H and O–H groups in total. The fourth-order valence-electron chi connectivity index (χ4n) is 2.51. The fourth-order valence-corrected chi connectivity index (χ4v) is 2.51. The van der Waals surface area contributed by atoms with Crippen LogP contribution in [0.25, 0.3) is 10.4 Å². The summed E-state index contributed by atoms with van der Waals surface area (Å²) in [5.41, 5.74) is 7.63. The van der Waals surface area contributed by atoms with Gasteiger partial charge in [0, 0.05) is 31.1 Å². The number of esters is 1. The molecule has 7 nitrogen and oxygen atoms in total. The molecule has 0 aliphatic carbocycles. The molecule has 1 aliphatic rings. The summed E-state index contributed by atoms with van der Waals surface area (Å²) in [7, 11) is 1.41. The number of hydrogen-bond acceptors (Lipinski definition) is 5. The van der Waals surface area contributed by atoms with Gasteiger partial charge in [0.15, 0.2) is 0 Å². The molecule has 0 aromatic carbocycles. The summed E-state index contributed by atoms with van der Waals surface area (Å²) < 4.78 is 4.92. The van der Waals surface area contributed by atoms with Crippen LogP contribution in [0.3, 0.4) is 0 Å². The summed E-state index contributed by atoms with van der Waals surface area (Å²) in [5.74, 6) is -0.218. The molecule has 0 aromatic rings. The molecule has 0 unspecified atom stereocenters. The van der Waals surface area contributed by atoms with Crippen LogP contribution < -0.4 is 5.32 Å². The first-order chi connectivity index (χ1) is 9.18. The molecule has 1 heterocycles. The first-order valence-corrected chi connectivity index (χ1v) is 6.75. The number of azide groups is 1. The van der Waals surface area contributed by atoms with Gasteiger partial charge in [-0.3, -0.25) is 4.79 Å². The lowest BCUT2D eigenvalue weighted by atomic mass is 9.87. The zero-order chi connectivity index (χ0) is 14.1. The summed E-state index contributed by atoms with van der Waals surface area (Å²) in [4.78, 5) is 17.1. The first-order valence-electron chi connectivity index (χ1n) is 6.75. The Labute approximate surface area is 113 Å². The Morgan fingerprint density at radius 2 is 2.21 bits per heavy atom. The summed E-state index contributed by atoms with van der Waals surface area (Å²) in [5, 5.41) is 6.69. The van der Waals surface area contributed by atoms with Gasteiger partial charge in [0.1, 0.15) is 5.54 Å². The van der Waals surface area contributed by atoms with E-state index in [9.17, 15) is 4.79 Å². The van der Waals surface area contributed by atoms with Crippen LogP contribution in [-0.4, -0.2) is 56.2 Å². The molecule has 0 bridgehead atoms. The van der Waals surface area contributed by atoms with Gasteiger partial charge in [-0.05, 0) is 31.3 Å². The zero-order valence-electron chi connectivity index (χ0n) is 11.8. The van der Waals surface area contributed by atoms with Crippen molar-refractivity contribution in [2.75, 3.05) is 39.8 Å². The van der Waals surface area contributed by atoms with Crippen molar-refractivity contribution in [3.05, 3.63) is 10.4 Å². The molecule has 108 valence electrons. The Hall–Kier alpha value is -1.30. The van der Waals surface area contributed by atoms with Gasteiger partial charge in [-0.2, -0.15) is 0 Å². The lowest BCUT2D eigenvalue weighted by Gasteiger charge is -2.40. The quantitative estimate of drug-likeness (QED) is 0.248. The molecule has 0 aromatic heterocycles. The topological polar surface area (TPSA) is 90.3 Å². The number of carbonyl (C=O) groups excluding carboxylic acids is 1. The van der Waals surface area contributed by atoms with Gasteiger partial charge in [-0.25, -0.2) is 0 Å². The van der Waals surface area contributed by atoms with Crippen LogP contribution in [0.2, 0.25) is 0 Å². The Kier molecular flexibility index (Phi) is 6.62. The molecular weight excluding hydrogens is 246 g/mol. The molecule has 0 radical (unpaired) electrons. The maximum Gasteiger partial charge on any atom is 0.326 e. The summed E-state index contributed by atoms with van der Waals surface area (Å²) in [6.07, 6.45) is 2.58. The van der Waals surface area contributed by atoms with E-state index < -0.39 is 5.54 Å². The van der Waals surface area contributed by atoms with E-state index in [2.05, 4.69) is 27.2 Å². The number of likely N-dealkylation sites (tertiary alicyclic amines) is 1. The van der Waals surface area contributed by atoms with Crippen LogP contribution in [0.5, 0.6) is 0 Å². The van der Waals surface area contributed by atoms with Gasteiger partial charge in [0.25, 0.3) is 0 Å². The molecule has 1 saturated heterocycles. The van der Waals surface area contributed by atoms with Crippen molar-refractivity contribution in [2.24, 2.45) is 5.11 Å². The third-order valence-electron chi connectivity index (χ3n) is 3.56. The van der Waals surface area contributed by atoms with Gasteiger partial charge in [0.2, 0.25) is 0 Å². The predicted molar refractivity (Wildman–Crippen MR) is 72.7 cm³/mol. The number of hydrogen-bond donors (Lipinski definition) is 1. The van der Waals surface area contributed by atoms with Crippen LogP contribution >= 0.6 is 0 Å². The molecule has 0 spiro atoms. The molecule has 1 fully saturated rings. The Morgan fingerprint density at radius 3 is 2.74 bits per heavy atom. The Bertz CT molecular complexity index is 333. The van der Waals surface area contributed by atoms with Gasteiger partial charge in [-0.1, -0.05) is 12.0 Å². The molecule has 1 aliphatic heterocycles. The van der Waals surface area contributed by atoms with Crippen LogP contribution in [0, 0.1) is 0 Å². The normalized spacial score (nSPS) is 18.6. The second kappa shape index (κ2) is 7.99. The summed E-state index contributed by atoms with van der Waals surface area (Å²) in [6.45, 7) is 5.83. The highest BCUT2D eigenvalue weighted by Crippen LogP contribution is 2.23. The molecule has 0 atom stereocenters. The lowest BCUT2D eigenvalue weighted by Crippen LogP contribution is -2.59. The first kappa shape index (κ1) is 15.8. The van der Waals surface area contributed by atoms with Gasteiger partial charge >= 0.3 is 5.97 Å². The van der Waals surface area contributed by atoms with Crippen molar-refractivity contribution in [3.63, 3.8) is 0 Å². The van der Waals surface area contributed by atoms with Crippen molar-refractivity contribution >= 4 is 5.97 Å². The number of rotatable bonds is 7. The van der Waals surface area contributed by atoms with E-state index in [4.69, 9.17) is 10.3 Å². The highest BCUT2D eigenvalue weighted by atomic mass is 16.5. The van der Waals surface area contributed by atoms with Crippen LogP contribution in [0.4, 0.5) is 0 Å². The predicted octanol–water partition coefficient (Wildman–Crippen LogP) is 1.30. The highest BCUT2D eigenvalue weighted by Gasteiger charge is 2.41. The standard InChI is InChI=1S/C12H23N5O2/c1-3-8-17-9-4-12(5-10-17,11(18)19-2)14-6-7-15-16-13/h14H,3-10H2,1-2H3. The van der Waals surface area contributed by atoms with E-state index >= 15 is 0 Å². The molecule has 7 heteroatoms. The van der Waals surface area contributed by atoms with Gasteiger partial charge in [-0.15, -0.1) is 0 Å². The highest BCUT2D eigenvalue weighted by molar-refractivity contribution is 5.81. The van der Waals surface area contributed by atoms with E-state index in [0.29, 0.717) is 13.1 Å². The molecule has 19 heavy (non-hydrogen) atoms. The van der Waals surface area contributed by atoms with Gasteiger partial charge < -0.3 is 15.0 Å². The second-order valence-electron chi connectivity index (χ2n) is 4.80. The van der Waals surface area contributed by atoms with Crippen LogP contribution in [-0.2, 0) is 9.53 Å². The molecule has 0 amide bonds. The van der Waals surface area contributed by atoms with Crippen molar-refractivity contribution in [1.29, 1.82) is 0 Å². The van der Waals surface area contributed by atoms with Crippen molar-refractivity contribution < 1.29 is 9.53 Å². The van der Waals surface area contributed by atoms with Crippen LogP contribution in [0.15, 0.2) is 5.11 Å². The number of methoxy groups -OCH3 is 1.